The van der Waals surface area contributed by atoms with Crippen molar-refractivity contribution in [1.29, 1.82) is 5.26 Å². The molecule has 1 heterocycles. The maximum Gasteiger partial charge on any atom is 0.138 e. The normalized spacial score (nSPS) is 10.1. The van der Waals surface area contributed by atoms with Crippen molar-refractivity contribution >= 4 is 15.9 Å². The zero-order valence-electron chi connectivity index (χ0n) is 10.1. The second-order valence-electron chi connectivity index (χ2n) is 3.87. The van der Waals surface area contributed by atoms with Crippen molar-refractivity contribution in [1.82, 2.24) is 9.97 Å². The number of nitriles is 1. The Labute approximate surface area is 114 Å². The van der Waals surface area contributed by atoms with Crippen molar-refractivity contribution in [3.63, 3.8) is 0 Å². The molecule has 0 spiro atoms. The van der Waals surface area contributed by atoms with E-state index in [4.69, 9.17) is 10.00 Å². The number of aromatic nitrogens is 2. The van der Waals surface area contributed by atoms with E-state index in [1.165, 1.54) is 0 Å². The fraction of sp³-hybridized carbons (Fsp3) is 0.231. The van der Waals surface area contributed by atoms with Gasteiger partial charge in [0.2, 0.25) is 0 Å². The zero-order chi connectivity index (χ0) is 13.1. The molecule has 2 aromatic rings. The molecule has 0 aliphatic heterocycles. The van der Waals surface area contributed by atoms with Gasteiger partial charge in [-0.15, -0.1) is 0 Å². The Morgan fingerprint density at radius 2 is 2.28 bits per heavy atom. The predicted octanol–water partition coefficient (Wildman–Crippen LogP) is 3.22. The summed E-state index contributed by atoms with van der Waals surface area (Å²) < 4.78 is 5.91. The molecule has 0 radical (unpaired) electrons. The summed E-state index contributed by atoms with van der Waals surface area (Å²) >= 11 is 3.34. The second-order valence-corrected chi connectivity index (χ2v) is 4.63. The van der Waals surface area contributed by atoms with E-state index in [2.05, 4.69) is 32.0 Å². The van der Waals surface area contributed by atoms with Crippen molar-refractivity contribution in [2.75, 3.05) is 7.11 Å². The van der Waals surface area contributed by atoms with Crippen LogP contribution in [0.5, 0.6) is 5.75 Å². The fourth-order valence-electron chi connectivity index (χ4n) is 1.75. The number of methoxy groups -OCH3 is 1. The van der Waals surface area contributed by atoms with E-state index in [9.17, 15) is 0 Å². The summed E-state index contributed by atoms with van der Waals surface area (Å²) in [4.78, 5) is 7.51. The van der Waals surface area contributed by atoms with Gasteiger partial charge in [-0.25, -0.2) is 4.98 Å². The number of nitrogens with one attached hydrogen (secondary N) is 1. The molecule has 0 bridgehead atoms. The first-order valence-electron chi connectivity index (χ1n) is 5.42. The molecule has 0 aliphatic rings. The molecular weight excluding hydrogens is 294 g/mol. The molecule has 4 nitrogen and oxygen atoms in total. The maximum atomic E-state index is 8.70. The second kappa shape index (κ2) is 5.23. The number of nitrogens with zero attached hydrogens (tertiary/aromatic N) is 2. The number of hydrogen-bond acceptors (Lipinski definition) is 3. The van der Waals surface area contributed by atoms with E-state index in [-0.39, 0.29) is 0 Å². The molecule has 1 N–H and O–H groups in total. The van der Waals surface area contributed by atoms with Crippen LogP contribution < -0.4 is 4.74 Å². The molecule has 0 atom stereocenters. The Bertz CT molecular complexity index is 613. The lowest BCUT2D eigenvalue weighted by Crippen LogP contribution is -1.89. The highest BCUT2D eigenvalue weighted by Crippen LogP contribution is 2.26. The minimum Gasteiger partial charge on any atom is -0.496 e. The van der Waals surface area contributed by atoms with Crippen LogP contribution in [0.4, 0.5) is 0 Å². The van der Waals surface area contributed by atoms with E-state index in [1.54, 1.807) is 7.11 Å². The Hall–Kier alpha value is -1.80. The summed E-state index contributed by atoms with van der Waals surface area (Å²) in [5, 5.41) is 8.70. The van der Waals surface area contributed by atoms with Crippen LogP contribution in [0.3, 0.4) is 0 Å². The standard InChI is InChI=1S/C13H12BrN3O/c1-8-7-9(3-4-11(8)18-2)13-16-10(5-6-15)12(14)17-13/h3-4,7H,5H2,1-2H3,(H,16,17). The van der Waals surface area contributed by atoms with Crippen LogP contribution in [0.15, 0.2) is 22.8 Å². The number of H-pyrrole nitrogens is 1. The smallest absolute Gasteiger partial charge is 0.138 e. The number of halogens is 1. The highest BCUT2D eigenvalue weighted by Gasteiger charge is 2.10. The summed E-state index contributed by atoms with van der Waals surface area (Å²) in [6.07, 6.45) is 0.308. The quantitative estimate of drug-likeness (QED) is 0.947. The first-order chi connectivity index (χ1) is 8.65. The fourth-order valence-corrected chi connectivity index (χ4v) is 2.16. The third kappa shape index (κ3) is 2.39. The minimum atomic E-state index is 0.308. The average molecular weight is 306 g/mol. The number of ether oxygens (including phenoxy) is 1. The average Bonchev–Trinajstić information content (AvgIpc) is 2.71. The largest absolute Gasteiger partial charge is 0.496 e. The van der Waals surface area contributed by atoms with E-state index < -0.39 is 0 Å². The summed E-state index contributed by atoms with van der Waals surface area (Å²) in [6, 6.07) is 7.94. The molecule has 0 amide bonds. The third-order valence-corrected chi connectivity index (χ3v) is 3.31. The molecule has 1 aromatic heterocycles. The van der Waals surface area contributed by atoms with Crippen molar-refractivity contribution in [3.05, 3.63) is 34.1 Å². The van der Waals surface area contributed by atoms with Crippen molar-refractivity contribution in [3.8, 4) is 23.2 Å². The van der Waals surface area contributed by atoms with Crippen LogP contribution in [-0.4, -0.2) is 17.1 Å². The molecule has 0 fully saturated rings. The van der Waals surface area contributed by atoms with Crippen LogP contribution >= 0.6 is 15.9 Å². The van der Waals surface area contributed by atoms with Crippen LogP contribution in [0, 0.1) is 18.3 Å². The number of hydrogen-bond donors (Lipinski definition) is 1. The van der Waals surface area contributed by atoms with Crippen molar-refractivity contribution in [2.45, 2.75) is 13.3 Å². The first-order valence-corrected chi connectivity index (χ1v) is 6.21. The molecule has 92 valence electrons. The number of benzene rings is 1. The highest BCUT2D eigenvalue weighted by molar-refractivity contribution is 9.10. The Morgan fingerprint density at radius 3 is 2.89 bits per heavy atom. The van der Waals surface area contributed by atoms with Gasteiger partial charge in [0.25, 0.3) is 0 Å². The molecule has 18 heavy (non-hydrogen) atoms. The van der Waals surface area contributed by atoms with E-state index in [0.717, 1.165) is 28.4 Å². The van der Waals surface area contributed by atoms with Crippen LogP contribution in [0.1, 0.15) is 11.3 Å². The molecule has 2 rings (SSSR count). The topological polar surface area (TPSA) is 61.7 Å². The summed E-state index contributed by atoms with van der Waals surface area (Å²) in [6.45, 7) is 1.98. The van der Waals surface area contributed by atoms with Gasteiger partial charge < -0.3 is 9.72 Å². The predicted molar refractivity (Wildman–Crippen MR) is 72.3 cm³/mol. The first kappa shape index (κ1) is 12.7. The lowest BCUT2D eigenvalue weighted by Gasteiger charge is -2.05. The Balaban J connectivity index is 2.40. The van der Waals surface area contributed by atoms with Gasteiger partial charge in [-0.05, 0) is 46.6 Å². The molecular formula is C13H12BrN3O. The van der Waals surface area contributed by atoms with Gasteiger partial charge in [-0.3, -0.25) is 0 Å². The van der Waals surface area contributed by atoms with Crippen molar-refractivity contribution in [2.24, 2.45) is 0 Å². The molecule has 0 unspecified atom stereocenters. The maximum absolute atomic E-state index is 8.70. The number of aromatic amines is 1. The Morgan fingerprint density at radius 1 is 1.50 bits per heavy atom. The van der Waals surface area contributed by atoms with Gasteiger partial charge in [0.1, 0.15) is 16.2 Å². The van der Waals surface area contributed by atoms with Crippen LogP contribution in [0.25, 0.3) is 11.4 Å². The van der Waals surface area contributed by atoms with Crippen LogP contribution in [-0.2, 0) is 6.42 Å². The molecule has 0 aliphatic carbocycles. The third-order valence-electron chi connectivity index (χ3n) is 2.65. The van der Waals surface area contributed by atoms with Gasteiger partial charge in [0.15, 0.2) is 0 Å². The van der Waals surface area contributed by atoms with Gasteiger partial charge >= 0.3 is 0 Å². The van der Waals surface area contributed by atoms with Gasteiger partial charge in [0, 0.05) is 5.56 Å². The molecule has 0 saturated heterocycles. The molecule has 0 saturated carbocycles. The molecule has 5 heteroatoms. The van der Waals surface area contributed by atoms with Gasteiger partial charge in [-0.2, -0.15) is 5.26 Å². The minimum absolute atomic E-state index is 0.308. The van der Waals surface area contributed by atoms with Gasteiger partial charge in [0.05, 0.1) is 25.3 Å². The number of aryl methyl sites for hydroxylation is 1. The SMILES string of the molecule is COc1ccc(-c2nc(Br)c(CC#N)[nH]2)cc1C. The van der Waals surface area contributed by atoms with Gasteiger partial charge in [-0.1, -0.05) is 0 Å². The lowest BCUT2D eigenvalue weighted by molar-refractivity contribution is 0.412. The number of imidazole rings is 1. The summed E-state index contributed by atoms with van der Waals surface area (Å²) in [7, 11) is 1.65. The zero-order valence-corrected chi connectivity index (χ0v) is 11.7. The van der Waals surface area contributed by atoms with E-state index in [0.29, 0.717) is 11.0 Å². The van der Waals surface area contributed by atoms with Crippen molar-refractivity contribution < 1.29 is 4.74 Å². The molecule has 1 aromatic carbocycles. The van der Waals surface area contributed by atoms with E-state index >= 15 is 0 Å². The monoisotopic (exact) mass is 305 g/mol. The highest BCUT2D eigenvalue weighted by atomic mass is 79.9. The number of rotatable bonds is 3. The summed E-state index contributed by atoms with van der Waals surface area (Å²) in [5.74, 6) is 1.60. The van der Waals surface area contributed by atoms with E-state index in [1.807, 2.05) is 25.1 Å². The Kier molecular flexibility index (Phi) is 3.68. The van der Waals surface area contributed by atoms with Crippen LogP contribution in [0.2, 0.25) is 0 Å². The summed E-state index contributed by atoms with van der Waals surface area (Å²) in [5.41, 5.74) is 2.81. The lowest BCUT2D eigenvalue weighted by atomic mass is 10.1.